The van der Waals surface area contributed by atoms with Crippen molar-refractivity contribution in [2.75, 3.05) is 42.5 Å². The minimum absolute atomic E-state index is 0.136. The van der Waals surface area contributed by atoms with Gasteiger partial charge in [0.1, 0.15) is 22.8 Å². The summed E-state index contributed by atoms with van der Waals surface area (Å²) in [6, 6.07) is 7.26. The third kappa shape index (κ3) is 4.05. The summed E-state index contributed by atoms with van der Waals surface area (Å²) in [6.07, 6.45) is 5.95. The highest BCUT2D eigenvalue weighted by Crippen LogP contribution is 2.37. The molecule has 1 amide bonds. The van der Waals surface area contributed by atoms with Gasteiger partial charge in [0.05, 0.1) is 16.0 Å². The molecule has 2 aromatic heterocycles. The maximum Gasteiger partial charge on any atom is 0.264 e. The Bertz CT molecular complexity index is 1160. The van der Waals surface area contributed by atoms with Crippen LogP contribution in [-0.2, 0) is 0 Å². The van der Waals surface area contributed by atoms with E-state index >= 15 is 0 Å². The fourth-order valence-corrected chi connectivity index (χ4v) is 6.29. The topological polar surface area (TPSA) is 52.6 Å². The summed E-state index contributed by atoms with van der Waals surface area (Å²) in [5.41, 5.74) is 1.63. The number of rotatable bonds is 4. The second-order valence-electron chi connectivity index (χ2n) is 8.92. The molecule has 0 radical (unpaired) electrons. The molecule has 3 aromatic rings. The number of fused-ring (bicyclic) bond motifs is 1. The highest BCUT2D eigenvalue weighted by Gasteiger charge is 2.30. The number of nitrogens with zero attached hydrogens (tertiary/aromatic N) is 5. The first-order chi connectivity index (χ1) is 16.1. The summed E-state index contributed by atoms with van der Waals surface area (Å²) in [4.78, 5) is 30.7. The first-order valence-electron chi connectivity index (χ1n) is 11.9. The largest absolute Gasteiger partial charge is 0.366 e. The fourth-order valence-electron chi connectivity index (χ4n) is 5.19. The van der Waals surface area contributed by atoms with E-state index in [-0.39, 0.29) is 11.7 Å². The summed E-state index contributed by atoms with van der Waals surface area (Å²) in [5.74, 6) is 0.833. The van der Waals surface area contributed by atoms with Crippen molar-refractivity contribution in [2.24, 2.45) is 0 Å². The van der Waals surface area contributed by atoms with Crippen molar-refractivity contribution in [1.82, 2.24) is 14.9 Å². The molecular weight excluding hydrogens is 437 g/mol. The van der Waals surface area contributed by atoms with Gasteiger partial charge < -0.3 is 14.7 Å². The molecule has 0 bridgehead atoms. The minimum Gasteiger partial charge on any atom is -0.366 e. The molecule has 5 rings (SSSR count). The van der Waals surface area contributed by atoms with Gasteiger partial charge in [-0.3, -0.25) is 4.79 Å². The molecule has 0 N–H and O–H groups in total. The van der Waals surface area contributed by atoms with E-state index in [0.717, 1.165) is 65.4 Å². The monoisotopic (exact) mass is 467 g/mol. The molecule has 0 aliphatic carbocycles. The van der Waals surface area contributed by atoms with Crippen LogP contribution < -0.4 is 9.80 Å². The van der Waals surface area contributed by atoms with Crippen LogP contribution in [0.4, 0.5) is 15.9 Å². The Balaban J connectivity index is 1.41. The average molecular weight is 468 g/mol. The lowest BCUT2D eigenvalue weighted by atomic mass is 9.99. The quantitative estimate of drug-likeness (QED) is 0.548. The van der Waals surface area contributed by atoms with E-state index in [0.29, 0.717) is 24.8 Å². The molecule has 1 unspecified atom stereocenters. The summed E-state index contributed by atoms with van der Waals surface area (Å²) in [5, 5.41) is 0.982. The van der Waals surface area contributed by atoms with Gasteiger partial charge in [0.25, 0.3) is 5.91 Å². The van der Waals surface area contributed by atoms with Crippen molar-refractivity contribution < 1.29 is 9.18 Å². The van der Waals surface area contributed by atoms with E-state index in [4.69, 9.17) is 0 Å². The zero-order valence-corrected chi connectivity index (χ0v) is 20.1. The molecule has 4 heterocycles. The molecular formula is C25H30FN5OS. The van der Waals surface area contributed by atoms with Gasteiger partial charge in [-0.1, -0.05) is 19.1 Å². The number of aromatic nitrogens is 2. The van der Waals surface area contributed by atoms with E-state index in [1.807, 2.05) is 19.1 Å². The molecule has 8 heteroatoms. The standard InChI is InChI=1S/C25H30FN5OS/c1-3-18-8-6-7-11-31(18)25(32)22-17(2)21-23(27-16-28-24(21)33-22)30-14-12-29(13-15-30)20-10-5-4-9-19(20)26/h4-5,9-10,16,18H,3,6-8,11-15H2,1-2H3. The van der Waals surface area contributed by atoms with Crippen LogP contribution in [0.25, 0.3) is 10.2 Å². The molecule has 2 saturated heterocycles. The number of carbonyl (C=O) groups is 1. The van der Waals surface area contributed by atoms with Crippen LogP contribution in [0.2, 0.25) is 0 Å². The van der Waals surface area contributed by atoms with Crippen LogP contribution in [0.3, 0.4) is 0 Å². The highest BCUT2D eigenvalue weighted by atomic mass is 32.1. The zero-order chi connectivity index (χ0) is 22.9. The van der Waals surface area contributed by atoms with E-state index in [1.165, 1.54) is 23.8 Å². The smallest absolute Gasteiger partial charge is 0.264 e. The molecule has 0 spiro atoms. The number of thiophene rings is 1. The Morgan fingerprint density at radius 3 is 2.61 bits per heavy atom. The maximum atomic E-state index is 14.2. The molecule has 174 valence electrons. The van der Waals surface area contributed by atoms with Crippen molar-refractivity contribution in [3.8, 4) is 0 Å². The molecule has 1 atom stereocenters. The zero-order valence-electron chi connectivity index (χ0n) is 19.3. The predicted octanol–water partition coefficient (Wildman–Crippen LogP) is 4.87. The number of benzene rings is 1. The number of carbonyl (C=O) groups excluding carboxylic acids is 1. The third-order valence-corrected chi connectivity index (χ3v) is 8.22. The first kappa shape index (κ1) is 22.1. The summed E-state index contributed by atoms with van der Waals surface area (Å²) < 4.78 is 14.2. The Labute approximate surface area is 198 Å². The number of halogens is 1. The number of piperidine rings is 1. The Morgan fingerprint density at radius 2 is 1.85 bits per heavy atom. The van der Waals surface area contributed by atoms with Crippen LogP contribution in [-0.4, -0.2) is 59.5 Å². The van der Waals surface area contributed by atoms with Gasteiger partial charge in [0.2, 0.25) is 0 Å². The number of amides is 1. The van der Waals surface area contributed by atoms with Crippen molar-refractivity contribution in [3.63, 3.8) is 0 Å². The third-order valence-electron chi connectivity index (χ3n) is 7.03. The van der Waals surface area contributed by atoms with E-state index < -0.39 is 0 Å². The predicted molar refractivity (Wildman–Crippen MR) is 132 cm³/mol. The Morgan fingerprint density at radius 1 is 1.09 bits per heavy atom. The highest BCUT2D eigenvalue weighted by molar-refractivity contribution is 7.20. The van der Waals surface area contributed by atoms with Gasteiger partial charge in [-0.15, -0.1) is 11.3 Å². The van der Waals surface area contributed by atoms with E-state index in [9.17, 15) is 9.18 Å². The van der Waals surface area contributed by atoms with Crippen LogP contribution in [0.5, 0.6) is 0 Å². The van der Waals surface area contributed by atoms with Gasteiger partial charge in [-0.2, -0.15) is 0 Å². The van der Waals surface area contributed by atoms with Crippen molar-refractivity contribution in [1.29, 1.82) is 0 Å². The Kier molecular flexibility index (Phi) is 6.19. The molecule has 2 aliphatic heterocycles. The molecule has 0 saturated carbocycles. The van der Waals surface area contributed by atoms with Crippen molar-refractivity contribution in [2.45, 2.75) is 45.6 Å². The summed E-state index contributed by atoms with van der Waals surface area (Å²) >= 11 is 1.49. The lowest BCUT2D eigenvalue weighted by Crippen LogP contribution is -2.47. The number of piperazine rings is 1. The second kappa shape index (κ2) is 9.25. The summed E-state index contributed by atoms with van der Waals surface area (Å²) in [6.45, 7) is 7.94. The van der Waals surface area contributed by atoms with Gasteiger partial charge in [0, 0.05) is 38.8 Å². The molecule has 2 fully saturated rings. The van der Waals surface area contributed by atoms with Gasteiger partial charge in [-0.25, -0.2) is 14.4 Å². The Hall–Kier alpha value is -2.74. The first-order valence-corrected chi connectivity index (χ1v) is 12.7. The number of para-hydroxylation sites is 1. The van der Waals surface area contributed by atoms with Crippen LogP contribution >= 0.6 is 11.3 Å². The average Bonchev–Trinajstić information content (AvgIpc) is 3.20. The van der Waals surface area contributed by atoms with Gasteiger partial charge in [0.15, 0.2) is 0 Å². The number of aryl methyl sites for hydroxylation is 1. The lowest BCUT2D eigenvalue weighted by molar-refractivity contribution is 0.0612. The van der Waals surface area contributed by atoms with E-state index in [1.54, 1.807) is 12.4 Å². The number of anilines is 2. The van der Waals surface area contributed by atoms with Crippen LogP contribution in [0.15, 0.2) is 30.6 Å². The second-order valence-corrected chi connectivity index (χ2v) is 9.91. The van der Waals surface area contributed by atoms with Crippen molar-refractivity contribution in [3.05, 3.63) is 46.9 Å². The SMILES string of the molecule is CCC1CCCCN1C(=O)c1sc2ncnc(N3CCN(c4ccccc4F)CC3)c2c1C. The minimum atomic E-state index is -0.185. The molecule has 2 aliphatic rings. The lowest BCUT2D eigenvalue weighted by Gasteiger charge is -2.37. The van der Waals surface area contributed by atoms with Gasteiger partial charge >= 0.3 is 0 Å². The number of hydrogen-bond acceptors (Lipinski definition) is 6. The molecule has 6 nitrogen and oxygen atoms in total. The normalized spacial score (nSPS) is 19.4. The number of likely N-dealkylation sites (tertiary alicyclic amines) is 1. The summed E-state index contributed by atoms with van der Waals surface area (Å²) in [7, 11) is 0. The van der Waals surface area contributed by atoms with Crippen molar-refractivity contribution >= 4 is 39.0 Å². The van der Waals surface area contributed by atoms with Crippen LogP contribution in [0.1, 0.15) is 47.8 Å². The number of hydrogen-bond donors (Lipinski definition) is 0. The van der Waals surface area contributed by atoms with Crippen LogP contribution in [0, 0.1) is 12.7 Å². The van der Waals surface area contributed by atoms with E-state index in [2.05, 4.69) is 31.6 Å². The molecule has 33 heavy (non-hydrogen) atoms. The van der Waals surface area contributed by atoms with Gasteiger partial charge in [-0.05, 0) is 50.3 Å². The fraction of sp³-hybridized carbons (Fsp3) is 0.480. The maximum absolute atomic E-state index is 14.2. The molecule has 1 aromatic carbocycles.